The summed E-state index contributed by atoms with van der Waals surface area (Å²) < 4.78 is 4.60. The van der Waals surface area contributed by atoms with Gasteiger partial charge in [-0.3, -0.25) is 9.79 Å². The number of methoxy groups -OCH3 is 1. The van der Waals surface area contributed by atoms with Gasteiger partial charge in [0.05, 0.1) is 19.6 Å². The molecule has 0 amide bonds. The molecule has 2 N–H and O–H groups in total. The number of hydrogen-bond donors (Lipinski definition) is 1. The second-order valence-corrected chi connectivity index (χ2v) is 3.97. The highest BCUT2D eigenvalue weighted by molar-refractivity contribution is 5.79. The van der Waals surface area contributed by atoms with Crippen molar-refractivity contribution < 1.29 is 9.53 Å². The Morgan fingerprint density at radius 3 is 2.73 bits per heavy atom. The molecule has 1 unspecified atom stereocenters. The molecule has 0 aromatic carbocycles. The highest BCUT2D eigenvalue weighted by Gasteiger charge is 2.27. The van der Waals surface area contributed by atoms with Gasteiger partial charge in [0.25, 0.3) is 0 Å². The van der Waals surface area contributed by atoms with Crippen LogP contribution < -0.4 is 5.73 Å². The Balaban J connectivity index is 2.38. The lowest BCUT2D eigenvalue weighted by molar-refractivity contribution is -0.144. The summed E-state index contributed by atoms with van der Waals surface area (Å²) >= 11 is 0. The molecule has 0 spiro atoms. The van der Waals surface area contributed by atoms with Crippen LogP contribution in [0.1, 0.15) is 19.8 Å². The topological polar surface area (TPSA) is 67.9 Å². The van der Waals surface area contributed by atoms with Crippen LogP contribution in [0.15, 0.2) is 4.99 Å². The van der Waals surface area contributed by atoms with Gasteiger partial charge in [-0.05, 0) is 12.8 Å². The van der Waals surface area contributed by atoms with Gasteiger partial charge in [-0.15, -0.1) is 0 Å². The summed E-state index contributed by atoms with van der Waals surface area (Å²) in [5.41, 5.74) is 5.77. The fourth-order valence-electron chi connectivity index (χ4n) is 1.27. The molecule has 1 aliphatic carbocycles. The van der Waals surface area contributed by atoms with Crippen LogP contribution in [0, 0.1) is 5.92 Å². The molecule has 1 atom stereocenters. The van der Waals surface area contributed by atoms with Crippen LogP contribution in [-0.4, -0.2) is 43.6 Å². The van der Waals surface area contributed by atoms with Crippen LogP contribution in [0.25, 0.3) is 0 Å². The Bertz CT molecular complexity index is 261. The number of ether oxygens (including phenoxy) is 1. The molecule has 0 heterocycles. The maximum Gasteiger partial charge on any atom is 0.310 e. The first-order valence-electron chi connectivity index (χ1n) is 5.16. The third kappa shape index (κ3) is 3.42. The smallest absolute Gasteiger partial charge is 0.310 e. The Hall–Kier alpha value is -1.26. The van der Waals surface area contributed by atoms with Gasteiger partial charge in [0.2, 0.25) is 0 Å². The first-order valence-corrected chi connectivity index (χ1v) is 5.16. The van der Waals surface area contributed by atoms with Crippen molar-refractivity contribution in [2.24, 2.45) is 16.6 Å². The normalized spacial score (nSPS) is 18.5. The summed E-state index contributed by atoms with van der Waals surface area (Å²) in [4.78, 5) is 17.2. The van der Waals surface area contributed by atoms with Crippen molar-refractivity contribution >= 4 is 11.9 Å². The predicted octanol–water partition coefficient (Wildman–Crippen LogP) is 0.204. The van der Waals surface area contributed by atoms with Crippen LogP contribution in [0.5, 0.6) is 0 Å². The Kier molecular flexibility index (Phi) is 3.94. The molecular formula is C10H19N3O2. The van der Waals surface area contributed by atoms with E-state index >= 15 is 0 Å². The van der Waals surface area contributed by atoms with Crippen molar-refractivity contribution in [2.45, 2.75) is 25.8 Å². The van der Waals surface area contributed by atoms with Crippen molar-refractivity contribution in [1.82, 2.24) is 4.90 Å². The first kappa shape index (κ1) is 11.8. The SMILES string of the molecule is COC(=O)C(C)CN=C(N)N(C)C1CC1. The highest BCUT2D eigenvalue weighted by Crippen LogP contribution is 2.24. The van der Waals surface area contributed by atoms with Gasteiger partial charge >= 0.3 is 5.97 Å². The van der Waals surface area contributed by atoms with Crippen molar-refractivity contribution in [2.75, 3.05) is 20.7 Å². The molecule has 5 heteroatoms. The number of nitrogens with zero attached hydrogens (tertiary/aromatic N) is 2. The average molecular weight is 213 g/mol. The van der Waals surface area contributed by atoms with Gasteiger partial charge < -0.3 is 15.4 Å². The van der Waals surface area contributed by atoms with E-state index in [1.54, 1.807) is 6.92 Å². The van der Waals surface area contributed by atoms with E-state index < -0.39 is 0 Å². The molecule has 0 aromatic rings. The third-order valence-electron chi connectivity index (χ3n) is 2.59. The Labute approximate surface area is 90.3 Å². The molecule has 0 bridgehead atoms. The van der Waals surface area contributed by atoms with Crippen LogP contribution in [0.3, 0.4) is 0 Å². The molecule has 1 saturated carbocycles. The number of rotatable bonds is 4. The molecule has 1 fully saturated rings. The monoisotopic (exact) mass is 213 g/mol. The van der Waals surface area contributed by atoms with Gasteiger partial charge in [0, 0.05) is 13.1 Å². The number of aliphatic imine (C=N–C) groups is 1. The summed E-state index contributed by atoms with van der Waals surface area (Å²) in [6.45, 7) is 2.16. The number of esters is 1. The Morgan fingerprint density at radius 2 is 2.27 bits per heavy atom. The van der Waals surface area contributed by atoms with E-state index in [9.17, 15) is 4.79 Å². The van der Waals surface area contributed by atoms with Crippen molar-refractivity contribution in [1.29, 1.82) is 0 Å². The summed E-state index contributed by atoms with van der Waals surface area (Å²) in [5.74, 6) is 0.0232. The zero-order chi connectivity index (χ0) is 11.4. The first-order chi connectivity index (χ1) is 7.06. The average Bonchev–Trinajstić information content (AvgIpc) is 3.06. The fourth-order valence-corrected chi connectivity index (χ4v) is 1.27. The molecule has 0 aromatic heterocycles. The van der Waals surface area contributed by atoms with Crippen LogP contribution in [-0.2, 0) is 9.53 Å². The standard InChI is InChI=1S/C10H19N3O2/c1-7(9(14)15-3)6-12-10(11)13(2)8-4-5-8/h7-8H,4-6H2,1-3H3,(H2,11,12). The van der Waals surface area contributed by atoms with E-state index in [0.29, 0.717) is 18.5 Å². The summed E-state index contributed by atoms with van der Waals surface area (Å²) in [6, 6.07) is 0.544. The zero-order valence-corrected chi connectivity index (χ0v) is 9.56. The van der Waals surface area contributed by atoms with Gasteiger partial charge in [0.15, 0.2) is 5.96 Å². The minimum absolute atomic E-state index is 0.235. The minimum Gasteiger partial charge on any atom is -0.469 e. The van der Waals surface area contributed by atoms with Gasteiger partial charge in [-0.2, -0.15) is 0 Å². The van der Waals surface area contributed by atoms with Crippen molar-refractivity contribution in [3.05, 3.63) is 0 Å². The number of carbonyl (C=O) groups excluding carboxylic acids is 1. The maximum absolute atomic E-state index is 11.1. The lowest BCUT2D eigenvalue weighted by atomic mass is 10.2. The Morgan fingerprint density at radius 1 is 1.67 bits per heavy atom. The van der Waals surface area contributed by atoms with E-state index in [2.05, 4.69) is 9.73 Å². The van der Waals surface area contributed by atoms with E-state index in [0.717, 1.165) is 0 Å². The number of guanidine groups is 1. The van der Waals surface area contributed by atoms with Gasteiger partial charge in [-0.25, -0.2) is 0 Å². The van der Waals surface area contributed by atoms with E-state index in [-0.39, 0.29) is 11.9 Å². The second-order valence-electron chi connectivity index (χ2n) is 3.97. The third-order valence-corrected chi connectivity index (χ3v) is 2.59. The lowest BCUT2D eigenvalue weighted by Gasteiger charge is -2.17. The molecular weight excluding hydrogens is 194 g/mol. The van der Waals surface area contributed by atoms with E-state index in [1.807, 2.05) is 11.9 Å². The largest absolute Gasteiger partial charge is 0.469 e. The quantitative estimate of drug-likeness (QED) is 0.411. The number of nitrogens with two attached hydrogens (primary N) is 1. The van der Waals surface area contributed by atoms with Crippen LogP contribution in [0.2, 0.25) is 0 Å². The summed E-state index contributed by atoms with van der Waals surface area (Å²) in [6.07, 6.45) is 2.36. The maximum atomic E-state index is 11.1. The van der Waals surface area contributed by atoms with Crippen molar-refractivity contribution in [3.8, 4) is 0 Å². The highest BCUT2D eigenvalue weighted by atomic mass is 16.5. The molecule has 86 valence electrons. The predicted molar refractivity (Wildman–Crippen MR) is 58.5 cm³/mol. The lowest BCUT2D eigenvalue weighted by Crippen LogP contribution is -2.36. The van der Waals surface area contributed by atoms with Crippen LogP contribution in [0.4, 0.5) is 0 Å². The molecule has 5 nitrogen and oxygen atoms in total. The minimum atomic E-state index is -0.249. The second kappa shape index (κ2) is 5.00. The molecule has 0 saturated heterocycles. The zero-order valence-electron chi connectivity index (χ0n) is 9.56. The van der Waals surface area contributed by atoms with E-state index in [1.165, 1.54) is 20.0 Å². The molecule has 0 aliphatic heterocycles. The molecule has 0 radical (unpaired) electrons. The fraction of sp³-hybridized carbons (Fsp3) is 0.800. The number of hydrogen-bond acceptors (Lipinski definition) is 3. The van der Waals surface area contributed by atoms with Crippen molar-refractivity contribution in [3.63, 3.8) is 0 Å². The molecule has 15 heavy (non-hydrogen) atoms. The molecule has 1 aliphatic rings. The summed E-state index contributed by atoms with van der Waals surface area (Å²) in [7, 11) is 3.31. The van der Waals surface area contributed by atoms with E-state index in [4.69, 9.17) is 5.73 Å². The summed E-state index contributed by atoms with van der Waals surface area (Å²) in [5, 5.41) is 0. The van der Waals surface area contributed by atoms with Gasteiger partial charge in [0.1, 0.15) is 0 Å². The number of carbonyl (C=O) groups is 1. The van der Waals surface area contributed by atoms with Gasteiger partial charge in [-0.1, -0.05) is 6.92 Å². The van der Waals surface area contributed by atoms with Crippen LogP contribution >= 0.6 is 0 Å². The molecule has 1 rings (SSSR count).